The molecule has 0 saturated carbocycles. The molecule has 0 fully saturated rings. The largest absolute Gasteiger partial charge is 0.496 e. The maximum Gasteiger partial charge on any atom is 0.312 e. The molecular formula is C35H38O5. The van der Waals surface area contributed by atoms with Crippen LogP contribution in [0.3, 0.4) is 0 Å². The van der Waals surface area contributed by atoms with Gasteiger partial charge in [0.2, 0.25) is 0 Å². The average molecular weight is 539 g/mol. The topological polar surface area (TPSA) is 61.8 Å². The Morgan fingerprint density at radius 3 is 1.68 bits per heavy atom. The summed E-state index contributed by atoms with van der Waals surface area (Å²) in [5, 5.41) is 1.90. The van der Waals surface area contributed by atoms with Crippen molar-refractivity contribution < 1.29 is 23.8 Å². The van der Waals surface area contributed by atoms with Gasteiger partial charge in [0, 0.05) is 16.7 Å². The average Bonchev–Trinajstić information content (AvgIpc) is 2.93. The van der Waals surface area contributed by atoms with E-state index in [1.54, 1.807) is 7.11 Å². The summed E-state index contributed by atoms with van der Waals surface area (Å²) in [6.45, 7) is 11.0. The zero-order chi connectivity index (χ0) is 29.1. The van der Waals surface area contributed by atoms with Crippen LogP contribution >= 0.6 is 0 Å². The van der Waals surface area contributed by atoms with Gasteiger partial charge in [-0.25, -0.2) is 0 Å². The summed E-state index contributed by atoms with van der Waals surface area (Å²) in [6, 6.07) is 29.1. The Bertz CT molecular complexity index is 1490. The molecule has 0 amide bonds. The Balaban J connectivity index is 2.00. The Kier molecular flexibility index (Phi) is 8.34. The van der Waals surface area contributed by atoms with Gasteiger partial charge in [0.15, 0.2) is 12.2 Å². The highest BCUT2D eigenvalue weighted by Crippen LogP contribution is 2.43. The Hall–Kier alpha value is -4.12. The molecule has 5 nitrogen and oxygen atoms in total. The molecule has 208 valence electrons. The third kappa shape index (κ3) is 6.20. The van der Waals surface area contributed by atoms with E-state index in [-0.39, 0.29) is 11.9 Å². The summed E-state index contributed by atoms with van der Waals surface area (Å²) in [7, 11) is 1.61. The Morgan fingerprint density at radius 1 is 0.600 bits per heavy atom. The van der Waals surface area contributed by atoms with Gasteiger partial charge in [0.1, 0.15) is 5.75 Å². The first-order valence-electron chi connectivity index (χ1n) is 13.5. The second kappa shape index (κ2) is 11.5. The van der Waals surface area contributed by atoms with E-state index < -0.39 is 23.0 Å². The van der Waals surface area contributed by atoms with Gasteiger partial charge < -0.3 is 14.2 Å². The molecular weight excluding hydrogens is 500 g/mol. The van der Waals surface area contributed by atoms with Crippen molar-refractivity contribution in [1.29, 1.82) is 0 Å². The Morgan fingerprint density at radius 2 is 1.10 bits per heavy atom. The van der Waals surface area contributed by atoms with Crippen molar-refractivity contribution in [3.63, 3.8) is 0 Å². The second-order valence-electron chi connectivity index (χ2n) is 12.0. The van der Waals surface area contributed by atoms with Crippen molar-refractivity contribution in [3.05, 3.63) is 113 Å². The van der Waals surface area contributed by atoms with Crippen LogP contribution in [0.25, 0.3) is 10.8 Å². The standard InChI is InChI=1S/C35H38O5/c1-34(2,3)32(36)39-30(24-16-9-8-10-17-24)26-19-13-14-20-27(26)31(40-33(37)35(4,5)6)29-25-18-12-11-15-23(25)21-22-28(29)38-7/h8-22,30-31H,1-7H3. The minimum absolute atomic E-state index is 0.331. The monoisotopic (exact) mass is 538 g/mol. The summed E-state index contributed by atoms with van der Waals surface area (Å²) in [6.07, 6.45) is -1.55. The first kappa shape index (κ1) is 28.9. The van der Waals surface area contributed by atoms with Crippen molar-refractivity contribution in [1.82, 2.24) is 0 Å². The fourth-order valence-electron chi connectivity index (χ4n) is 4.50. The molecule has 2 unspecified atom stereocenters. The quantitative estimate of drug-likeness (QED) is 0.222. The lowest BCUT2D eigenvalue weighted by Gasteiger charge is -2.30. The van der Waals surface area contributed by atoms with E-state index in [0.29, 0.717) is 11.3 Å². The molecule has 0 aliphatic heterocycles. The molecule has 0 heterocycles. The van der Waals surface area contributed by atoms with Crippen LogP contribution in [0.4, 0.5) is 0 Å². The van der Waals surface area contributed by atoms with Crippen molar-refractivity contribution in [3.8, 4) is 5.75 Å². The molecule has 0 saturated heterocycles. The number of ether oxygens (including phenoxy) is 3. The molecule has 40 heavy (non-hydrogen) atoms. The number of hydrogen-bond donors (Lipinski definition) is 0. The fourth-order valence-corrected chi connectivity index (χ4v) is 4.50. The van der Waals surface area contributed by atoms with Gasteiger partial charge in [-0.3, -0.25) is 9.59 Å². The molecule has 0 aliphatic carbocycles. The SMILES string of the molecule is COc1ccc2ccccc2c1C(OC(=O)C(C)(C)C)c1ccccc1C(OC(=O)C(C)(C)C)c1ccccc1. The van der Waals surface area contributed by atoms with E-state index >= 15 is 0 Å². The van der Waals surface area contributed by atoms with Crippen LogP contribution in [-0.2, 0) is 19.1 Å². The van der Waals surface area contributed by atoms with Crippen LogP contribution in [0.2, 0.25) is 0 Å². The molecule has 0 aromatic heterocycles. The van der Waals surface area contributed by atoms with E-state index in [1.807, 2.05) is 133 Å². The summed E-state index contributed by atoms with van der Waals surface area (Å²) in [5.41, 5.74) is 1.54. The number of hydrogen-bond acceptors (Lipinski definition) is 5. The molecule has 5 heteroatoms. The highest BCUT2D eigenvalue weighted by atomic mass is 16.6. The lowest BCUT2D eigenvalue weighted by Crippen LogP contribution is -2.28. The maximum atomic E-state index is 13.5. The summed E-state index contributed by atoms with van der Waals surface area (Å²) in [4.78, 5) is 26.7. The minimum Gasteiger partial charge on any atom is -0.496 e. The zero-order valence-corrected chi connectivity index (χ0v) is 24.4. The zero-order valence-electron chi connectivity index (χ0n) is 24.4. The number of methoxy groups -OCH3 is 1. The number of benzene rings is 4. The fraction of sp³-hybridized carbons (Fsp3) is 0.314. The molecule has 0 radical (unpaired) electrons. The van der Waals surface area contributed by atoms with Crippen molar-refractivity contribution in [2.75, 3.05) is 7.11 Å². The minimum atomic E-state index is -0.830. The van der Waals surface area contributed by atoms with E-state index in [9.17, 15) is 9.59 Å². The second-order valence-corrected chi connectivity index (χ2v) is 12.0. The number of esters is 2. The van der Waals surface area contributed by atoms with E-state index in [0.717, 1.165) is 27.5 Å². The normalized spacial score (nSPS) is 13.4. The lowest BCUT2D eigenvalue weighted by atomic mass is 9.88. The number of carbonyl (C=O) groups is 2. The van der Waals surface area contributed by atoms with Gasteiger partial charge in [-0.2, -0.15) is 0 Å². The van der Waals surface area contributed by atoms with Crippen molar-refractivity contribution in [2.24, 2.45) is 10.8 Å². The predicted octanol–water partition coefficient (Wildman–Crippen LogP) is 8.21. The molecule has 0 N–H and O–H groups in total. The van der Waals surface area contributed by atoms with Crippen LogP contribution in [0.5, 0.6) is 5.75 Å². The maximum absolute atomic E-state index is 13.5. The molecule has 2 atom stereocenters. The van der Waals surface area contributed by atoms with Crippen LogP contribution in [0.15, 0.2) is 91.0 Å². The molecule has 0 bridgehead atoms. The Labute approximate surface area is 237 Å². The lowest BCUT2D eigenvalue weighted by molar-refractivity contribution is -0.159. The first-order valence-corrected chi connectivity index (χ1v) is 13.5. The van der Waals surface area contributed by atoms with Crippen LogP contribution in [0, 0.1) is 10.8 Å². The molecule has 0 aliphatic rings. The molecule has 4 aromatic rings. The number of rotatable bonds is 7. The summed E-state index contributed by atoms with van der Waals surface area (Å²) >= 11 is 0. The summed E-state index contributed by atoms with van der Waals surface area (Å²) < 4.78 is 18.4. The van der Waals surface area contributed by atoms with Gasteiger partial charge in [-0.15, -0.1) is 0 Å². The van der Waals surface area contributed by atoms with Crippen molar-refractivity contribution in [2.45, 2.75) is 53.8 Å². The summed E-state index contributed by atoms with van der Waals surface area (Å²) in [5.74, 6) is -0.0875. The molecule has 4 rings (SSSR count). The van der Waals surface area contributed by atoms with E-state index in [2.05, 4.69) is 0 Å². The van der Waals surface area contributed by atoms with E-state index in [1.165, 1.54) is 0 Å². The van der Waals surface area contributed by atoms with Crippen molar-refractivity contribution >= 4 is 22.7 Å². The number of carbonyl (C=O) groups excluding carboxylic acids is 2. The molecule has 0 spiro atoms. The van der Waals surface area contributed by atoms with Crippen LogP contribution in [0.1, 0.15) is 76.0 Å². The van der Waals surface area contributed by atoms with E-state index in [4.69, 9.17) is 14.2 Å². The van der Waals surface area contributed by atoms with Gasteiger partial charge in [0.25, 0.3) is 0 Å². The van der Waals surface area contributed by atoms with Gasteiger partial charge in [-0.1, -0.05) is 84.9 Å². The van der Waals surface area contributed by atoms with Crippen LogP contribution in [-0.4, -0.2) is 19.0 Å². The highest BCUT2D eigenvalue weighted by molar-refractivity contribution is 5.89. The highest BCUT2D eigenvalue weighted by Gasteiger charge is 2.35. The third-order valence-electron chi connectivity index (χ3n) is 6.75. The number of fused-ring (bicyclic) bond motifs is 1. The first-order chi connectivity index (χ1) is 18.9. The third-order valence-corrected chi connectivity index (χ3v) is 6.75. The van der Waals surface area contributed by atoms with Gasteiger partial charge in [0.05, 0.1) is 17.9 Å². The smallest absolute Gasteiger partial charge is 0.312 e. The van der Waals surface area contributed by atoms with Gasteiger partial charge in [-0.05, 0) is 63.9 Å². The van der Waals surface area contributed by atoms with Gasteiger partial charge >= 0.3 is 11.9 Å². The van der Waals surface area contributed by atoms with Crippen LogP contribution < -0.4 is 4.74 Å². The predicted molar refractivity (Wildman–Crippen MR) is 158 cm³/mol. The molecule has 4 aromatic carbocycles.